The van der Waals surface area contributed by atoms with Gasteiger partial charge in [0, 0.05) is 49.2 Å². The van der Waals surface area contributed by atoms with Gasteiger partial charge in [-0.2, -0.15) is 0 Å². The zero-order valence-corrected chi connectivity index (χ0v) is 15.7. The van der Waals surface area contributed by atoms with Crippen molar-refractivity contribution in [2.75, 3.05) is 26.2 Å². The lowest BCUT2D eigenvalue weighted by Crippen LogP contribution is -2.41. The third-order valence-electron chi connectivity index (χ3n) is 4.58. The molecule has 1 aliphatic rings. The standard InChI is InChI=1S/C20H29N5O/c1-3-21-20(24-11-10-22-19(26)15-5-6-15)23-9-8-16-13-25-18-12-14(2)4-7-17(16)18/h4,7,12-13,15,25H,3,5-6,8-11H2,1-2H3,(H,22,26)(H2,21,23,24). The number of carbonyl (C=O) groups excluding carboxylic acids is 1. The molecule has 1 aromatic carbocycles. The van der Waals surface area contributed by atoms with Gasteiger partial charge in [0.2, 0.25) is 5.91 Å². The highest BCUT2D eigenvalue weighted by Gasteiger charge is 2.28. The number of benzene rings is 1. The van der Waals surface area contributed by atoms with Gasteiger partial charge < -0.3 is 20.9 Å². The van der Waals surface area contributed by atoms with Gasteiger partial charge in [-0.1, -0.05) is 12.1 Å². The number of amides is 1. The Bertz CT molecular complexity index is 776. The predicted octanol–water partition coefficient (Wildman–Crippen LogP) is 2.10. The van der Waals surface area contributed by atoms with Crippen LogP contribution in [-0.4, -0.2) is 43.0 Å². The molecular formula is C20H29N5O. The second kappa shape index (κ2) is 8.74. The molecule has 0 saturated heterocycles. The van der Waals surface area contributed by atoms with Crippen LogP contribution >= 0.6 is 0 Å². The molecule has 1 heterocycles. The summed E-state index contributed by atoms with van der Waals surface area (Å²) in [6, 6.07) is 6.49. The van der Waals surface area contributed by atoms with Crippen molar-refractivity contribution in [1.29, 1.82) is 0 Å². The summed E-state index contributed by atoms with van der Waals surface area (Å²) < 4.78 is 0. The van der Waals surface area contributed by atoms with Crippen molar-refractivity contribution < 1.29 is 4.79 Å². The van der Waals surface area contributed by atoms with E-state index in [0.29, 0.717) is 19.6 Å². The fourth-order valence-electron chi connectivity index (χ4n) is 2.99. The highest BCUT2D eigenvalue weighted by atomic mass is 16.2. The third-order valence-corrected chi connectivity index (χ3v) is 4.58. The summed E-state index contributed by atoms with van der Waals surface area (Å²) in [5, 5.41) is 10.8. The maximum Gasteiger partial charge on any atom is 0.223 e. The normalized spacial score (nSPS) is 14.5. The number of guanidine groups is 1. The van der Waals surface area contributed by atoms with E-state index in [0.717, 1.165) is 31.8 Å². The van der Waals surface area contributed by atoms with Crippen LogP contribution in [0.15, 0.2) is 29.4 Å². The summed E-state index contributed by atoms with van der Waals surface area (Å²) >= 11 is 0. The Labute approximate surface area is 154 Å². The minimum Gasteiger partial charge on any atom is -0.361 e. The van der Waals surface area contributed by atoms with Gasteiger partial charge in [-0.25, -0.2) is 0 Å². The molecule has 26 heavy (non-hydrogen) atoms. The molecule has 1 saturated carbocycles. The number of aromatic amines is 1. The first-order chi connectivity index (χ1) is 12.7. The van der Waals surface area contributed by atoms with Gasteiger partial charge in [0.1, 0.15) is 0 Å². The predicted molar refractivity (Wildman–Crippen MR) is 106 cm³/mol. The maximum atomic E-state index is 11.6. The summed E-state index contributed by atoms with van der Waals surface area (Å²) in [6.45, 7) is 6.98. The first-order valence-electron chi connectivity index (χ1n) is 9.54. The molecule has 0 bridgehead atoms. The Kier molecular flexibility index (Phi) is 6.15. The van der Waals surface area contributed by atoms with E-state index in [1.54, 1.807) is 0 Å². The van der Waals surface area contributed by atoms with E-state index >= 15 is 0 Å². The molecule has 0 radical (unpaired) electrons. The molecule has 4 N–H and O–H groups in total. The Morgan fingerprint density at radius 3 is 2.81 bits per heavy atom. The minimum atomic E-state index is 0.184. The number of fused-ring (bicyclic) bond motifs is 1. The van der Waals surface area contributed by atoms with Crippen molar-refractivity contribution in [2.45, 2.75) is 33.1 Å². The van der Waals surface area contributed by atoms with Crippen LogP contribution < -0.4 is 16.0 Å². The summed E-state index contributed by atoms with van der Waals surface area (Å²) in [7, 11) is 0. The van der Waals surface area contributed by atoms with E-state index < -0.39 is 0 Å². The lowest BCUT2D eigenvalue weighted by molar-refractivity contribution is -0.122. The molecule has 1 amide bonds. The van der Waals surface area contributed by atoms with Crippen molar-refractivity contribution in [3.05, 3.63) is 35.5 Å². The van der Waals surface area contributed by atoms with Gasteiger partial charge in [-0.3, -0.25) is 9.79 Å². The molecule has 2 aromatic rings. The maximum absolute atomic E-state index is 11.6. The molecule has 1 fully saturated rings. The van der Waals surface area contributed by atoms with Crippen molar-refractivity contribution in [3.8, 4) is 0 Å². The lowest BCUT2D eigenvalue weighted by Gasteiger charge is -2.11. The summed E-state index contributed by atoms with van der Waals surface area (Å²) in [6.07, 6.45) is 5.04. The average molecular weight is 355 g/mol. The molecule has 1 aromatic heterocycles. The minimum absolute atomic E-state index is 0.184. The smallest absolute Gasteiger partial charge is 0.223 e. The largest absolute Gasteiger partial charge is 0.361 e. The zero-order chi connectivity index (χ0) is 18.4. The average Bonchev–Trinajstić information content (AvgIpc) is 3.41. The first-order valence-corrected chi connectivity index (χ1v) is 9.54. The molecule has 0 unspecified atom stereocenters. The molecular weight excluding hydrogens is 326 g/mol. The summed E-state index contributed by atoms with van der Waals surface area (Å²) in [4.78, 5) is 19.6. The van der Waals surface area contributed by atoms with Crippen molar-refractivity contribution in [2.24, 2.45) is 10.9 Å². The monoisotopic (exact) mass is 355 g/mol. The molecule has 0 atom stereocenters. The highest BCUT2D eigenvalue weighted by Crippen LogP contribution is 2.28. The van der Waals surface area contributed by atoms with Crippen LogP contribution in [0.4, 0.5) is 0 Å². The number of carbonyl (C=O) groups is 1. The van der Waals surface area contributed by atoms with Crippen LogP contribution in [0.2, 0.25) is 0 Å². The molecule has 0 aliphatic heterocycles. The second-order valence-corrected chi connectivity index (χ2v) is 6.87. The number of rotatable bonds is 8. The number of hydrogen-bond acceptors (Lipinski definition) is 2. The third kappa shape index (κ3) is 5.00. The lowest BCUT2D eigenvalue weighted by atomic mass is 10.1. The van der Waals surface area contributed by atoms with Gasteiger partial charge in [0.25, 0.3) is 0 Å². The van der Waals surface area contributed by atoms with Gasteiger partial charge in [0.05, 0.1) is 0 Å². The van der Waals surface area contributed by atoms with E-state index in [2.05, 4.69) is 57.2 Å². The van der Waals surface area contributed by atoms with Crippen LogP contribution in [0.25, 0.3) is 10.9 Å². The Morgan fingerprint density at radius 1 is 1.23 bits per heavy atom. The van der Waals surface area contributed by atoms with Crippen LogP contribution in [0, 0.1) is 12.8 Å². The molecule has 140 valence electrons. The SMILES string of the molecule is CCNC(=NCCc1c[nH]c2cc(C)ccc12)NCCNC(=O)C1CC1. The number of H-pyrrole nitrogens is 1. The fraction of sp³-hybridized carbons (Fsp3) is 0.500. The van der Waals surface area contributed by atoms with Gasteiger partial charge in [0.15, 0.2) is 5.96 Å². The van der Waals surface area contributed by atoms with Crippen molar-refractivity contribution in [1.82, 2.24) is 20.9 Å². The summed E-state index contributed by atoms with van der Waals surface area (Å²) in [5.74, 6) is 1.24. The Balaban J connectivity index is 1.47. The van der Waals surface area contributed by atoms with E-state index in [1.807, 2.05) is 6.92 Å². The fourth-order valence-corrected chi connectivity index (χ4v) is 2.99. The van der Waals surface area contributed by atoms with Crippen LogP contribution in [-0.2, 0) is 11.2 Å². The van der Waals surface area contributed by atoms with Gasteiger partial charge in [-0.15, -0.1) is 0 Å². The van der Waals surface area contributed by atoms with Gasteiger partial charge in [-0.05, 0) is 50.3 Å². The quantitative estimate of drug-likeness (QED) is 0.333. The first kappa shape index (κ1) is 18.3. The van der Waals surface area contributed by atoms with Crippen molar-refractivity contribution in [3.63, 3.8) is 0 Å². The number of aromatic nitrogens is 1. The van der Waals surface area contributed by atoms with Crippen LogP contribution in [0.3, 0.4) is 0 Å². The number of aryl methyl sites for hydroxylation is 1. The number of nitrogens with zero attached hydrogens (tertiary/aromatic N) is 1. The Hall–Kier alpha value is -2.50. The Morgan fingerprint density at radius 2 is 2.04 bits per heavy atom. The van der Waals surface area contributed by atoms with E-state index in [1.165, 1.54) is 22.0 Å². The topological polar surface area (TPSA) is 81.3 Å². The highest BCUT2D eigenvalue weighted by molar-refractivity contribution is 5.84. The number of nitrogens with one attached hydrogen (secondary N) is 4. The number of aliphatic imine (C=N–C) groups is 1. The summed E-state index contributed by atoms with van der Waals surface area (Å²) in [5.41, 5.74) is 3.73. The van der Waals surface area contributed by atoms with Crippen LogP contribution in [0.5, 0.6) is 0 Å². The van der Waals surface area contributed by atoms with Gasteiger partial charge >= 0.3 is 0 Å². The van der Waals surface area contributed by atoms with Crippen LogP contribution in [0.1, 0.15) is 30.9 Å². The van der Waals surface area contributed by atoms with E-state index in [-0.39, 0.29) is 11.8 Å². The number of hydrogen-bond donors (Lipinski definition) is 4. The second-order valence-electron chi connectivity index (χ2n) is 6.87. The molecule has 6 nitrogen and oxygen atoms in total. The zero-order valence-electron chi connectivity index (χ0n) is 15.7. The van der Waals surface area contributed by atoms with E-state index in [9.17, 15) is 4.79 Å². The molecule has 3 rings (SSSR count). The molecule has 0 spiro atoms. The van der Waals surface area contributed by atoms with E-state index in [4.69, 9.17) is 0 Å². The van der Waals surface area contributed by atoms with Crippen molar-refractivity contribution >= 4 is 22.8 Å². The molecule has 6 heteroatoms. The molecule has 1 aliphatic carbocycles.